The molecule has 4 rings (SSSR count). The zero-order chi connectivity index (χ0) is 25.3. The lowest BCUT2D eigenvalue weighted by molar-refractivity contribution is -0.122. The molecule has 1 saturated heterocycles. The van der Waals surface area contributed by atoms with Crippen molar-refractivity contribution in [3.63, 3.8) is 0 Å². The molecule has 7 nitrogen and oxygen atoms in total. The summed E-state index contributed by atoms with van der Waals surface area (Å²) in [4.78, 5) is 41.9. The first-order valence-electron chi connectivity index (χ1n) is 11.9. The van der Waals surface area contributed by atoms with Crippen LogP contribution in [-0.2, 0) is 9.59 Å². The van der Waals surface area contributed by atoms with E-state index in [0.29, 0.717) is 23.6 Å². The van der Waals surface area contributed by atoms with Crippen molar-refractivity contribution in [3.8, 4) is 5.75 Å². The molecule has 0 aliphatic carbocycles. The van der Waals surface area contributed by atoms with E-state index in [-0.39, 0.29) is 11.1 Å². The first kappa shape index (κ1) is 24.3. The molecule has 0 radical (unpaired) electrons. The fourth-order valence-electron chi connectivity index (χ4n) is 4.76. The maximum absolute atomic E-state index is 13.3. The summed E-state index contributed by atoms with van der Waals surface area (Å²) >= 11 is 0. The first-order valence-corrected chi connectivity index (χ1v) is 11.9. The van der Waals surface area contributed by atoms with Gasteiger partial charge in [0.15, 0.2) is 0 Å². The number of fused-ring (bicyclic) bond motifs is 1. The second-order valence-electron chi connectivity index (χ2n) is 9.30. The van der Waals surface area contributed by atoms with Gasteiger partial charge in [-0.25, -0.2) is 9.69 Å². The van der Waals surface area contributed by atoms with E-state index < -0.39 is 17.8 Å². The van der Waals surface area contributed by atoms with Crippen LogP contribution in [0.1, 0.15) is 52.2 Å². The third-order valence-electron chi connectivity index (χ3n) is 6.25. The normalized spacial score (nSPS) is 18.4. The van der Waals surface area contributed by atoms with Gasteiger partial charge < -0.3 is 9.64 Å². The van der Waals surface area contributed by atoms with Crippen molar-refractivity contribution in [2.24, 2.45) is 0 Å². The van der Waals surface area contributed by atoms with Crippen molar-refractivity contribution >= 4 is 40.9 Å². The van der Waals surface area contributed by atoms with Crippen LogP contribution in [-0.4, -0.2) is 36.5 Å². The number of nitrogens with zero attached hydrogens (tertiary/aromatic N) is 2. The van der Waals surface area contributed by atoms with Crippen LogP contribution in [0.15, 0.2) is 54.1 Å². The summed E-state index contributed by atoms with van der Waals surface area (Å²) in [6, 6.07) is 11.8. The fourth-order valence-corrected chi connectivity index (χ4v) is 4.76. The predicted octanol–water partition coefficient (Wildman–Crippen LogP) is 5.16. The van der Waals surface area contributed by atoms with Gasteiger partial charge in [-0.05, 0) is 75.6 Å². The number of urea groups is 1. The van der Waals surface area contributed by atoms with Gasteiger partial charge in [-0.15, -0.1) is 0 Å². The molecule has 0 bridgehead atoms. The first-order chi connectivity index (χ1) is 16.7. The molecule has 0 aromatic heterocycles. The largest absolute Gasteiger partial charge is 0.494 e. The molecule has 2 aromatic carbocycles. The molecule has 1 N–H and O–H groups in total. The number of hydrogen-bond acceptors (Lipinski definition) is 5. The van der Waals surface area contributed by atoms with E-state index in [1.165, 1.54) is 0 Å². The summed E-state index contributed by atoms with van der Waals surface area (Å²) in [6.07, 6.45) is 4.80. The number of allylic oxidation sites excluding steroid dienone is 1. The number of benzene rings is 2. The average Bonchev–Trinajstić information content (AvgIpc) is 2.79. The van der Waals surface area contributed by atoms with Crippen molar-refractivity contribution in [1.29, 1.82) is 0 Å². The molecule has 182 valence electrons. The topological polar surface area (TPSA) is 79.0 Å². The van der Waals surface area contributed by atoms with E-state index in [1.807, 2.05) is 25.1 Å². The number of amides is 4. The van der Waals surface area contributed by atoms with E-state index in [9.17, 15) is 14.4 Å². The summed E-state index contributed by atoms with van der Waals surface area (Å²) in [5, 5.41) is 2.28. The molecule has 0 saturated carbocycles. The molecule has 2 aliphatic rings. The van der Waals surface area contributed by atoms with Crippen LogP contribution in [0, 0.1) is 0 Å². The highest BCUT2D eigenvalue weighted by atomic mass is 16.5. The van der Waals surface area contributed by atoms with E-state index in [2.05, 4.69) is 44.0 Å². The Bertz CT molecular complexity index is 1260. The highest BCUT2D eigenvalue weighted by Crippen LogP contribution is 2.39. The second-order valence-corrected chi connectivity index (χ2v) is 9.30. The van der Waals surface area contributed by atoms with Crippen molar-refractivity contribution in [3.05, 3.63) is 65.2 Å². The lowest BCUT2D eigenvalue weighted by atomic mass is 9.87. The SMILES string of the molecule is CCCN1c2ccc(/C=C3/C(=O)NC(=O)N(c4cccc(OCC)c4)C3=O)cc2C(C)=CC1(C)C. The number of ether oxygens (including phenoxy) is 1. The van der Waals surface area contributed by atoms with Crippen LogP contribution >= 0.6 is 0 Å². The second kappa shape index (κ2) is 9.41. The van der Waals surface area contributed by atoms with Gasteiger partial charge in [0.1, 0.15) is 11.3 Å². The van der Waals surface area contributed by atoms with Crippen molar-refractivity contribution in [2.45, 2.75) is 46.6 Å². The van der Waals surface area contributed by atoms with E-state index in [4.69, 9.17) is 4.74 Å². The molecular formula is C28H31N3O4. The minimum absolute atomic E-state index is 0.102. The number of rotatable bonds is 6. The standard InChI is InChI=1S/C28H31N3O4/c1-6-13-30-24-12-11-19(14-22(24)18(3)17-28(30,4)5)15-23-25(32)29-27(34)31(26(23)33)20-9-8-10-21(16-20)35-7-2/h8-12,14-17H,6-7,13H2,1-5H3,(H,29,32,34)/b23-15-. The van der Waals surface area contributed by atoms with Crippen molar-refractivity contribution in [1.82, 2.24) is 5.32 Å². The molecule has 0 atom stereocenters. The molecule has 35 heavy (non-hydrogen) atoms. The van der Waals surface area contributed by atoms with Gasteiger partial charge in [0.05, 0.1) is 17.8 Å². The highest BCUT2D eigenvalue weighted by molar-refractivity contribution is 6.39. The Morgan fingerprint density at radius 1 is 1.06 bits per heavy atom. The number of carbonyl (C=O) groups is 3. The van der Waals surface area contributed by atoms with Gasteiger partial charge in [0.2, 0.25) is 0 Å². The van der Waals surface area contributed by atoms with Gasteiger partial charge in [0.25, 0.3) is 11.8 Å². The molecule has 2 heterocycles. The number of hydrogen-bond donors (Lipinski definition) is 1. The minimum Gasteiger partial charge on any atom is -0.494 e. The van der Waals surface area contributed by atoms with Crippen LogP contribution < -0.4 is 19.9 Å². The minimum atomic E-state index is -0.785. The number of barbiturate groups is 1. The predicted molar refractivity (Wildman–Crippen MR) is 138 cm³/mol. The van der Waals surface area contributed by atoms with Crippen LogP contribution in [0.3, 0.4) is 0 Å². The third kappa shape index (κ3) is 4.58. The van der Waals surface area contributed by atoms with Crippen LogP contribution in [0.5, 0.6) is 5.75 Å². The highest BCUT2D eigenvalue weighted by Gasteiger charge is 2.37. The molecule has 0 unspecified atom stereocenters. The van der Waals surface area contributed by atoms with Crippen LogP contribution in [0.2, 0.25) is 0 Å². The molecule has 2 aliphatic heterocycles. The quantitative estimate of drug-likeness (QED) is 0.463. The number of nitrogens with one attached hydrogen (secondary N) is 1. The van der Waals surface area contributed by atoms with Crippen molar-refractivity contribution in [2.75, 3.05) is 23.0 Å². The molecular weight excluding hydrogens is 442 g/mol. The molecule has 1 fully saturated rings. The summed E-state index contributed by atoms with van der Waals surface area (Å²) in [5.41, 5.74) is 4.16. The van der Waals surface area contributed by atoms with Gasteiger partial charge in [-0.3, -0.25) is 14.9 Å². The zero-order valence-corrected chi connectivity index (χ0v) is 20.8. The Hall–Kier alpha value is -3.87. The summed E-state index contributed by atoms with van der Waals surface area (Å²) < 4.78 is 5.49. The van der Waals surface area contributed by atoms with Crippen LogP contribution in [0.4, 0.5) is 16.2 Å². The molecule has 4 amide bonds. The number of anilines is 2. The molecule has 2 aromatic rings. The lowest BCUT2D eigenvalue weighted by Gasteiger charge is -2.43. The van der Waals surface area contributed by atoms with Crippen molar-refractivity contribution < 1.29 is 19.1 Å². The Morgan fingerprint density at radius 2 is 1.83 bits per heavy atom. The van der Waals surface area contributed by atoms with E-state index in [0.717, 1.165) is 34.7 Å². The third-order valence-corrected chi connectivity index (χ3v) is 6.25. The van der Waals surface area contributed by atoms with Gasteiger partial charge >= 0.3 is 6.03 Å². The Kier molecular flexibility index (Phi) is 6.52. The Balaban J connectivity index is 1.72. The molecule has 7 heteroatoms. The summed E-state index contributed by atoms with van der Waals surface area (Å²) in [7, 11) is 0. The monoisotopic (exact) mass is 473 g/mol. The van der Waals surface area contributed by atoms with Gasteiger partial charge in [-0.1, -0.05) is 25.1 Å². The number of carbonyl (C=O) groups excluding carboxylic acids is 3. The smallest absolute Gasteiger partial charge is 0.335 e. The fraction of sp³-hybridized carbons (Fsp3) is 0.321. The van der Waals surface area contributed by atoms with E-state index in [1.54, 1.807) is 30.3 Å². The zero-order valence-electron chi connectivity index (χ0n) is 20.8. The lowest BCUT2D eigenvalue weighted by Crippen LogP contribution is -2.54. The summed E-state index contributed by atoms with van der Waals surface area (Å²) in [6.45, 7) is 11.8. The maximum Gasteiger partial charge on any atom is 0.335 e. The Morgan fingerprint density at radius 3 is 2.54 bits per heavy atom. The number of imide groups is 2. The maximum atomic E-state index is 13.3. The van der Waals surface area contributed by atoms with Gasteiger partial charge in [-0.2, -0.15) is 0 Å². The molecule has 0 spiro atoms. The van der Waals surface area contributed by atoms with Crippen LogP contribution in [0.25, 0.3) is 11.6 Å². The average molecular weight is 474 g/mol. The Labute approximate surface area is 206 Å². The van der Waals surface area contributed by atoms with Gasteiger partial charge in [0, 0.05) is 23.9 Å². The summed E-state index contributed by atoms with van der Waals surface area (Å²) in [5.74, 6) is -0.855. The van der Waals surface area contributed by atoms with E-state index >= 15 is 0 Å².